The Morgan fingerprint density at radius 2 is 2.00 bits per heavy atom. The minimum atomic E-state index is -0.547. The molecule has 11 heavy (non-hydrogen) atoms. The van der Waals surface area contributed by atoms with Crippen molar-refractivity contribution in [3.63, 3.8) is 0 Å². The Bertz CT molecular complexity index is 206. The van der Waals surface area contributed by atoms with Crippen molar-refractivity contribution >= 4 is 5.78 Å². The molecule has 1 aliphatic carbocycles. The third kappa shape index (κ3) is 1.51. The third-order valence-electron chi connectivity index (χ3n) is 1.75. The van der Waals surface area contributed by atoms with E-state index in [1.165, 1.54) is 0 Å². The van der Waals surface area contributed by atoms with Crippen molar-refractivity contribution in [2.45, 2.75) is 12.8 Å². The Balaban J connectivity index is 2.76. The van der Waals surface area contributed by atoms with Crippen molar-refractivity contribution in [1.82, 2.24) is 0 Å². The normalized spacial score (nSPS) is 25.9. The zero-order valence-corrected chi connectivity index (χ0v) is 5.95. The van der Waals surface area contributed by atoms with Gasteiger partial charge in [0.05, 0.1) is 0 Å². The fraction of sp³-hybridized carbons (Fsp3) is 0.571. The average Bonchev–Trinajstić information content (AvgIpc) is 1.99. The van der Waals surface area contributed by atoms with Crippen LogP contribution in [0.1, 0.15) is 12.8 Å². The molecule has 1 rings (SSSR count). The number of aliphatic hydroxyl groups is 3. The summed E-state index contributed by atoms with van der Waals surface area (Å²) in [4.78, 5) is 10.8. The summed E-state index contributed by atoms with van der Waals surface area (Å²) in [6, 6.07) is 0. The maximum atomic E-state index is 10.8. The van der Waals surface area contributed by atoms with Gasteiger partial charge in [0, 0.05) is 19.4 Å². The van der Waals surface area contributed by atoms with Gasteiger partial charge in [-0.25, -0.2) is 0 Å². The van der Waals surface area contributed by atoms with E-state index in [1.807, 2.05) is 0 Å². The molecule has 0 aromatic rings. The van der Waals surface area contributed by atoms with Crippen LogP contribution in [0, 0.1) is 5.92 Å². The summed E-state index contributed by atoms with van der Waals surface area (Å²) in [6.07, 6.45) is 0.306. The lowest BCUT2D eigenvalue weighted by atomic mass is 9.92. The lowest BCUT2D eigenvalue weighted by Gasteiger charge is -2.17. The van der Waals surface area contributed by atoms with Crippen molar-refractivity contribution in [1.29, 1.82) is 0 Å². The van der Waals surface area contributed by atoms with E-state index in [4.69, 9.17) is 15.3 Å². The predicted octanol–water partition coefficient (Wildman–Crippen LogP) is 0.285. The first-order valence-corrected chi connectivity index (χ1v) is 3.40. The van der Waals surface area contributed by atoms with E-state index in [0.717, 1.165) is 0 Å². The van der Waals surface area contributed by atoms with Gasteiger partial charge in [-0.2, -0.15) is 0 Å². The standard InChI is InChI=1S/C7H10O4/c8-3-4-1-5(9)7(11)6(10)2-4/h4,8-9,11H,1-3H2. The van der Waals surface area contributed by atoms with Gasteiger partial charge in [-0.1, -0.05) is 0 Å². The number of carbonyl (C=O) groups is 1. The molecule has 0 saturated carbocycles. The molecule has 0 radical (unpaired) electrons. The molecule has 1 unspecified atom stereocenters. The molecular weight excluding hydrogens is 148 g/mol. The first kappa shape index (κ1) is 8.07. The quantitative estimate of drug-likeness (QED) is 0.512. The Kier molecular flexibility index (Phi) is 2.14. The fourth-order valence-corrected chi connectivity index (χ4v) is 1.09. The zero-order valence-electron chi connectivity index (χ0n) is 5.95. The van der Waals surface area contributed by atoms with Crippen LogP contribution in [-0.4, -0.2) is 27.7 Å². The molecule has 0 bridgehead atoms. The largest absolute Gasteiger partial charge is 0.508 e. The number of Topliss-reactive ketones (excluding diaryl/α,β-unsaturated/α-hetero) is 1. The molecular formula is C7H10O4. The van der Waals surface area contributed by atoms with E-state index in [0.29, 0.717) is 0 Å². The van der Waals surface area contributed by atoms with Gasteiger partial charge in [0.1, 0.15) is 5.76 Å². The second-order valence-corrected chi connectivity index (χ2v) is 2.68. The minimum absolute atomic E-state index is 0.117. The molecule has 3 N–H and O–H groups in total. The summed E-state index contributed by atoms with van der Waals surface area (Å²) in [7, 11) is 0. The smallest absolute Gasteiger partial charge is 0.201 e. The van der Waals surface area contributed by atoms with Crippen LogP contribution in [0.15, 0.2) is 11.5 Å². The van der Waals surface area contributed by atoms with Gasteiger partial charge in [-0.3, -0.25) is 4.79 Å². The number of aliphatic hydroxyl groups excluding tert-OH is 3. The number of carbonyl (C=O) groups excluding carboxylic acids is 1. The number of hydrogen-bond donors (Lipinski definition) is 3. The molecule has 4 nitrogen and oxygen atoms in total. The number of ketones is 1. The molecule has 4 heteroatoms. The highest BCUT2D eigenvalue weighted by Crippen LogP contribution is 2.23. The van der Waals surface area contributed by atoms with E-state index in [9.17, 15) is 4.79 Å². The van der Waals surface area contributed by atoms with Crippen LogP contribution in [0.4, 0.5) is 0 Å². The monoisotopic (exact) mass is 158 g/mol. The summed E-state index contributed by atoms with van der Waals surface area (Å²) < 4.78 is 0. The Morgan fingerprint density at radius 1 is 1.36 bits per heavy atom. The molecule has 0 aromatic heterocycles. The van der Waals surface area contributed by atoms with E-state index >= 15 is 0 Å². The molecule has 0 spiro atoms. The topological polar surface area (TPSA) is 77.8 Å². The maximum absolute atomic E-state index is 10.8. The SMILES string of the molecule is O=C1CC(CO)CC(O)=C1O. The zero-order chi connectivity index (χ0) is 8.43. The fourth-order valence-electron chi connectivity index (χ4n) is 1.09. The Hall–Kier alpha value is -1.03. The van der Waals surface area contributed by atoms with Crippen LogP contribution < -0.4 is 0 Å². The van der Waals surface area contributed by atoms with Gasteiger partial charge in [0.25, 0.3) is 0 Å². The van der Waals surface area contributed by atoms with Gasteiger partial charge < -0.3 is 15.3 Å². The summed E-state index contributed by atoms with van der Waals surface area (Å²) >= 11 is 0. The van der Waals surface area contributed by atoms with Crippen LogP contribution in [-0.2, 0) is 4.79 Å². The lowest BCUT2D eigenvalue weighted by molar-refractivity contribution is -0.120. The molecule has 0 aromatic carbocycles. The second-order valence-electron chi connectivity index (χ2n) is 2.68. The van der Waals surface area contributed by atoms with Crippen LogP contribution in [0.25, 0.3) is 0 Å². The van der Waals surface area contributed by atoms with Crippen LogP contribution in [0.3, 0.4) is 0 Å². The maximum Gasteiger partial charge on any atom is 0.201 e. The highest BCUT2D eigenvalue weighted by Gasteiger charge is 2.26. The van der Waals surface area contributed by atoms with Gasteiger partial charge in [-0.15, -0.1) is 0 Å². The summed E-state index contributed by atoms with van der Waals surface area (Å²) in [6.45, 7) is -0.136. The predicted molar refractivity (Wildman–Crippen MR) is 37.1 cm³/mol. The van der Waals surface area contributed by atoms with Crippen molar-refractivity contribution in [2.75, 3.05) is 6.61 Å². The molecule has 0 saturated heterocycles. The summed E-state index contributed by atoms with van der Waals surface area (Å²) in [5.41, 5.74) is 0. The van der Waals surface area contributed by atoms with Gasteiger partial charge >= 0.3 is 0 Å². The molecule has 0 fully saturated rings. The molecule has 0 aliphatic heterocycles. The minimum Gasteiger partial charge on any atom is -0.508 e. The van der Waals surface area contributed by atoms with Crippen molar-refractivity contribution in [2.24, 2.45) is 5.92 Å². The molecule has 62 valence electrons. The van der Waals surface area contributed by atoms with Gasteiger partial charge in [-0.05, 0) is 5.92 Å². The van der Waals surface area contributed by atoms with E-state index in [2.05, 4.69) is 0 Å². The molecule has 0 amide bonds. The second kappa shape index (κ2) is 2.92. The van der Waals surface area contributed by atoms with Crippen LogP contribution in [0.5, 0.6) is 0 Å². The molecule has 1 atom stereocenters. The molecule has 0 heterocycles. The first-order chi connectivity index (χ1) is 5.15. The highest BCUT2D eigenvalue weighted by molar-refractivity contribution is 5.94. The van der Waals surface area contributed by atoms with Crippen LogP contribution in [0.2, 0.25) is 0 Å². The van der Waals surface area contributed by atoms with E-state index in [-0.39, 0.29) is 31.1 Å². The molecule has 1 aliphatic rings. The summed E-state index contributed by atoms with van der Waals surface area (Å²) in [5.74, 6) is -1.58. The Labute approximate surface area is 63.8 Å². The number of hydrogen-bond acceptors (Lipinski definition) is 4. The van der Waals surface area contributed by atoms with E-state index in [1.54, 1.807) is 0 Å². The summed E-state index contributed by atoms with van der Waals surface area (Å²) in [5, 5.41) is 26.5. The van der Waals surface area contributed by atoms with Crippen molar-refractivity contribution in [3.05, 3.63) is 11.5 Å². The van der Waals surface area contributed by atoms with Gasteiger partial charge in [0.15, 0.2) is 5.76 Å². The number of rotatable bonds is 1. The lowest BCUT2D eigenvalue weighted by Crippen LogP contribution is -2.21. The van der Waals surface area contributed by atoms with E-state index < -0.39 is 11.5 Å². The highest BCUT2D eigenvalue weighted by atomic mass is 16.3. The number of allylic oxidation sites excluding steroid dienone is 2. The van der Waals surface area contributed by atoms with Crippen LogP contribution >= 0.6 is 0 Å². The third-order valence-corrected chi connectivity index (χ3v) is 1.75. The average molecular weight is 158 g/mol. The van der Waals surface area contributed by atoms with Gasteiger partial charge in [0.2, 0.25) is 5.78 Å². The van der Waals surface area contributed by atoms with Crippen molar-refractivity contribution < 1.29 is 20.1 Å². The Morgan fingerprint density at radius 3 is 2.45 bits per heavy atom. The van der Waals surface area contributed by atoms with Crippen molar-refractivity contribution in [3.8, 4) is 0 Å². The first-order valence-electron chi connectivity index (χ1n) is 3.40.